The highest BCUT2D eigenvalue weighted by Gasteiger charge is 2.02. The van der Waals surface area contributed by atoms with Crippen molar-refractivity contribution in [3.63, 3.8) is 0 Å². The molecule has 0 fully saturated rings. The molecule has 0 radical (unpaired) electrons. The van der Waals surface area contributed by atoms with Crippen LogP contribution in [-0.2, 0) is 0 Å². The number of benzene rings is 1. The van der Waals surface area contributed by atoms with Gasteiger partial charge in [0.15, 0.2) is 7.28 Å². The van der Waals surface area contributed by atoms with Crippen LogP contribution in [0.15, 0.2) is 12.1 Å². The Balaban J connectivity index is 3.19. The van der Waals surface area contributed by atoms with Crippen molar-refractivity contribution in [3.8, 4) is 0 Å². The lowest BCUT2D eigenvalue weighted by Gasteiger charge is -2.10. The van der Waals surface area contributed by atoms with Gasteiger partial charge in [0.25, 0.3) is 0 Å². The Bertz CT molecular complexity index is 259. The van der Waals surface area contributed by atoms with E-state index < -0.39 is 0 Å². The number of nitrogens with one attached hydrogen (secondary N) is 1. The standard InChI is InChI=1S/C7H13B2N3/c1-9-4-2-5(10)6(11)3-7(4)12-8/h2-3,9,12H,8,10-11H2,1H3. The first-order valence-electron chi connectivity index (χ1n) is 4.04. The molecule has 0 aliphatic carbocycles. The molecule has 0 saturated carbocycles. The lowest BCUT2D eigenvalue weighted by atomic mass is 9.72. The van der Waals surface area contributed by atoms with Crippen LogP contribution in [0.2, 0.25) is 6.82 Å². The van der Waals surface area contributed by atoms with Gasteiger partial charge in [-0.15, -0.1) is 0 Å². The predicted molar refractivity (Wildman–Crippen MR) is 60.1 cm³/mol. The van der Waals surface area contributed by atoms with Gasteiger partial charge in [-0.2, -0.15) is 0 Å². The predicted octanol–water partition coefficient (Wildman–Crippen LogP) is -1.08. The Morgan fingerprint density at radius 1 is 1.33 bits per heavy atom. The minimum absolute atomic E-state index is 0.636. The molecule has 0 aliphatic rings. The highest BCUT2D eigenvalue weighted by atomic mass is 14.8. The van der Waals surface area contributed by atoms with Crippen molar-refractivity contribution in [2.45, 2.75) is 6.82 Å². The summed E-state index contributed by atoms with van der Waals surface area (Å²) in [7, 11) is 2.84. The minimum Gasteiger partial charge on any atom is -0.435 e. The summed E-state index contributed by atoms with van der Waals surface area (Å²) in [6.07, 6.45) is 0. The molecule has 0 aliphatic heterocycles. The van der Waals surface area contributed by atoms with Gasteiger partial charge in [0.05, 0.1) is 11.4 Å². The molecule has 0 amide bonds. The van der Waals surface area contributed by atoms with E-state index in [0.29, 0.717) is 11.4 Å². The summed E-state index contributed by atoms with van der Waals surface area (Å²) in [5.74, 6) is 0. The molecule has 3 nitrogen and oxygen atoms in total. The van der Waals surface area contributed by atoms with Crippen molar-refractivity contribution >= 4 is 37.8 Å². The maximum absolute atomic E-state index is 5.67. The molecule has 0 atom stereocenters. The second kappa shape index (κ2) is 3.43. The van der Waals surface area contributed by atoms with Crippen LogP contribution in [0.3, 0.4) is 0 Å². The van der Waals surface area contributed by atoms with Crippen LogP contribution in [0.1, 0.15) is 0 Å². The smallest absolute Gasteiger partial charge is 0.213 e. The van der Waals surface area contributed by atoms with E-state index in [1.807, 2.05) is 20.1 Å². The van der Waals surface area contributed by atoms with Crippen LogP contribution in [0.4, 0.5) is 17.1 Å². The molecule has 5 heteroatoms. The summed E-state index contributed by atoms with van der Waals surface area (Å²) in [5.41, 5.74) is 14.9. The maximum atomic E-state index is 5.67. The van der Waals surface area contributed by atoms with Crippen molar-refractivity contribution in [1.29, 1.82) is 0 Å². The topological polar surface area (TPSA) is 64.1 Å². The van der Waals surface area contributed by atoms with Crippen molar-refractivity contribution in [2.24, 2.45) is 0 Å². The third-order valence-electron chi connectivity index (χ3n) is 1.96. The van der Waals surface area contributed by atoms with Crippen molar-refractivity contribution in [3.05, 3.63) is 12.1 Å². The fraction of sp³-hybridized carbons (Fsp3) is 0.143. The van der Waals surface area contributed by atoms with E-state index in [1.54, 1.807) is 0 Å². The van der Waals surface area contributed by atoms with E-state index in [2.05, 4.69) is 12.1 Å². The SMILES string of the molecule is BNc1cc(N)c(N)cc1BC. The van der Waals surface area contributed by atoms with Gasteiger partial charge in [0, 0.05) is 5.69 Å². The van der Waals surface area contributed by atoms with Gasteiger partial charge in [-0.25, -0.2) is 0 Å². The Hall–Kier alpha value is -1.25. The Morgan fingerprint density at radius 2 is 1.92 bits per heavy atom. The monoisotopic (exact) mass is 161 g/mol. The number of anilines is 3. The normalized spacial score (nSPS) is 9.42. The van der Waals surface area contributed by atoms with Crippen molar-refractivity contribution in [2.75, 3.05) is 16.7 Å². The minimum atomic E-state index is 0.636. The number of nitrogen functional groups attached to an aromatic ring is 2. The summed E-state index contributed by atoms with van der Waals surface area (Å²) in [6.45, 7) is 2.09. The highest BCUT2D eigenvalue weighted by molar-refractivity contribution is 6.55. The summed E-state index contributed by atoms with van der Waals surface area (Å²) < 4.78 is 0. The van der Waals surface area contributed by atoms with Gasteiger partial charge >= 0.3 is 0 Å². The molecule has 1 aromatic rings. The fourth-order valence-electron chi connectivity index (χ4n) is 1.21. The maximum Gasteiger partial charge on any atom is 0.213 e. The number of rotatable bonds is 2. The summed E-state index contributed by atoms with van der Waals surface area (Å²) >= 11 is 0. The second-order valence-electron chi connectivity index (χ2n) is 2.74. The van der Waals surface area contributed by atoms with Gasteiger partial charge in [-0.05, 0) is 12.1 Å². The Labute approximate surface area is 74.2 Å². The van der Waals surface area contributed by atoms with E-state index in [-0.39, 0.29) is 0 Å². The van der Waals surface area contributed by atoms with Crippen LogP contribution < -0.4 is 22.2 Å². The molecule has 0 bridgehead atoms. The van der Waals surface area contributed by atoms with E-state index in [9.17, 15) is 0 Å². The van der Waals surface area contributed by atoms with E-state index >= 15 is 0 Å². The molecule has 5 N–H and O–H groups in total. The van der Waals surface area contributed by atoms with Crippen LogP contribution in [0.5, 0.6) is 0 Å². The lowest BCUT2D eigenvalue weighted by Crippen LogP contribution is -2.18. The van der Waals surface area contributed by atoms with Gasteiger partial charge in [-0.1, -0.05) is 12.3 Å². The first kappa shape index (κ1) is 8.84. The third kappa shape index (κ3) is 1.49. The number of nitrogens with two attached hydrogens (primary N) is 2. The summed E-state index contributed by atoms with van der Waals surface area (Å²) in [5, 5.41) is 3.08. The molecule has 12 heavy (non-hydrogen) atoms. The molecule has 0 saturated heterocycles. The first-order valence-corrected chi connectivity index (χ1v) is 4.04. The van der Waals surface area contributed by atoms with Crippen LogP contribution >= 0.6 is 0 Å². The zero-order valence-corrected chi connectivity index (χ0v) is 7.52. The average molecular weight is 161 g/mol. The van der Waals surface area contributed by atoms with Crippen molar-refractivity contribution < 1.29 is 0 Å². The summed E-state index contributed by atoms with van der Waals surface area (Å²) in [6, 6.07) is 3.79. The molecule has 1 aromatic carbocycles. The molecule has 0 heterocycles. The Kier molecular flexibility index (Phi) is 2.53. The molecule has 0 aromatic heterocycles. The molecule has 0 unspecified atom stereocenters. The average Bonchev–Trinajstić information content (AvgIpc) is 2.09. The van der Waals surface area contributed by atoms with Gasteiger partial charge < -0.3 is 16.7 Å². The van der Waals surface area contributed by atoms with Crippen LogP contribution in [-0.4, -0.2) is 15.3 Å². The van der Waals surface area contributed by atoms with E-state index in [4.69, 9.17) is 11.5 Å². The molecular formula is C7H13B2N3. The van der Waals surface area contributed by atoms with E-state index in [1.165, 1.54) is 5.46 Å². The van der Waals surface area contributed by atoms with Crippen LogP contribution in [0.25, 0.3) is 0 Å². The zero-order chi connectivity index (χ0) is 9.14. The first-order chi connectivity index (χ1) is 5.69. The van der Waals surface area contributed by atoms with Gasteiger partial charge in [0.2, 0.25) is 7.98 Å². The summed E-state index contributed by atoms with van der Waals surface area (Å²) in [4.78, 5) is 0. The van der Waals surface area contributed by atoms with E-state index in [0.717, 1.165) is 13.0 Å². The largest absolute Gasteiger partial charge is 0.435 e. The van der Waals surface area contributed by atoms with Gasteiger partial charge in [-0.3, -0.25) is 0 Å². The molecular weight excluding hydrogens is 148 g/mol. The third-order valence-corrected chi connectivity index (χ3v) is 1.96. The molecule has 1 rings (SSSR count). The second-order valence-corrected chi connectivity index (χ2v) is 2.74. The number of hydrogen-bond acceptors (Lipinski definition) is 3. The van der Waals surface area contributed by atoms with Gasteiger partial charge in [0.1, 0.15) is 0 Å². The molecule has 0 spiro atoms. The number of hydrogen-bond donors (Lipinski definition) is 3. The Morgan fingerprint density at radius 3 is 2.42 bits per heavy atom. The quantitative estimate of drug-likeness (QED) is 0.381. The zero-order valence-electron chi connectivity index (χ0n) is 7.52. The van der Waals surface area contributed by atoms with Crippen molar-refractivity contribution in [1.82, 2.24) is 0 Å². The molecule has 62 valence electrons. The lowest BCUT2D eigenvalue weighted by molar-refractivity contribution is 1.67. The fourth-order valence-corrected chi connectivity index (χ4v) is 1.21. The highest BCUT2D eigenvalue weighted by Crippen LogP contribution is 2.16. The van der Waals surface area contributed by atoms with Crippen LogP contribution in [0, 0.1) is 0 Å².